The summed E-state index contributed by atoms with van der Waals surface area (Å²) in [5, 5.41) is 0. The molecule has 0 saturated heterocycles. The van der Waals surface area contributed by atoms with Crippen molar-refractivity contribution in [1.29, 1.82) is 0 Å². The van der Waals surface area contributed by atoms with E-state index in [1.165, 1.54) is 19.3 Å². The van der Waals surface area contributed by atoms with Gasteiger partial charge < -0.3 is 4.74 Å². The van der Waals surface area contributed by atoms with Crippen LogP contribution >= 0.6 is 0 Å². The van der Waals surface area contributed by atoms with Gasteiger partial charge in [0, 0.05) is 13.0 Å². The highest BCUT2D eigenvalue weighted by atomic mass is 16.5. The Kier molecular flexibility index (Phi) is 5.60. The Labute approximate surface area is 84.4 Å². The summed E-state index contributed by atoms with van der Waals surface area (Å²) in [6.07, 6.45) is 8.44. The largest absolute Gasteiger partial charge is 0.435 e. The van der Waals surface area contributed by atoms with Crippen LogP contribution in [0.5, 0.6) is 0 Å². The summed E-state index contributed by atoms with van der Waals surface area (Å²) in [5.41, 5.74) is 5.19. The summed E-state index contributed by atoms with van der Waals surface area (Å²) in [6, 6.07) is 0. The van der Waals surface area contributed by atoms with Crippen LogP contribution in [0.25, 0.3) is 0 Å². The molecule has 0 unspecified atom stereocenters. The second-order valence-electron chi connectivity index (χ2n) is 3.24. The van der Waals surface area contributed by atoms with E-state index in [2.05, 4.69) is 27.6 Å². The van der Waals surface area contributed by atoms with E-state index in [-0.39, 0.29) is 0 Å². The number of rotatable bonds is 0. The molecule has 1 aliphatic heterocycles. The van der Waals surface area contributed by atoms with Gasteiger partial charge in [0.2, 0.25) is 0 Å². The molecule has 2 N–H and O–H groups in total. The third-order valence-corrected chi connectivity index (χ3v) is 2.01. The zero-order valence-corrected chi connectivity index (χ0v) is 8.27. The number of cyclic esters (lactones) is 1. The number of carbonyl (C=O) groups is 1. The van der Waals surface area contributed by atoms with Crippen LogP contribution in [-0.2, 0) is 4.74 Å². The van der Waals surface area contributed by atoms with Crippen LogP contribution in [0.1, 0.15) is 38.5 Å². The number of nitrogens with one attached hydrogen (secondary N) is 2. The summed E-state index contributed by atoms with van der Waals surface area (Å²) in [4.78, 5) is 10.9. The van der Waals surface area contributed by atoms with Crippen LogP contribution in [0.4, 0.5) is 4.79 Å². The van der Waals surface area contributed by atoms with Crippen molar-refractivity contribution in [3.63, 3.8) is 0 Å². The van der Waals surface area contributed by atoms with Crippen molar-refractivity contribution >= 4 is 6.09 Å². The molecular weight excluding hydrogens is 180 g/mol. The topological polar surface area (TPSA) is 50.4 Å². The van der Waals surface area contributed by atoms with Gasteiger partial charge in [-0.25, -0.2) is 10.2 Å². The van der Waals surface area contributed by atoms with Crippen molar-refractivity contribution in [2.24, 2.45) is 0 Å². The van der Waals surface area contributed by atoms with E-state index in [1.54, 1.807) is 0 Å². The maximum absolute atomic E-state index is 10.9. The Morgan fingerprint density at radius 3 is 2.86 bits per heavy atom. The fraction of sp³-hybridized carbons (Fsp3) is 0.700. The number of amides is 1. The first kappa shape index (κ1) is 10.9. The normalized spacial score (nSPS) is 19.9. The molecule has 4 heteroatoms. The second kappa shape index (κ2) is 7.22. The zero-order valence-electron chi connectivity index (χ0n) is 8.27. The Bertz CT molecular complexity index is 230. The molecule has 1 rings (SSSR count). The van der Waals surface area contributed by atoms with Crippen LogP contribution in [0, 0.1) is 12.0 Å². The number of hydrogen-bond donors (Lipinski definition) is 2. The van der Waals surface area contributed by atoms with Gasteiger partial charge in [-0.05, 0) is 12.8 Å². The number of carbonyl (C=O) groups excluding carboxylic acids is 1. The van der Waals surface area contributed by atoms with E-state index >= 15 is 0 Å². The molecule has 0 aliphatic carbocycles. The van der Waals surface area contributed by atoms with E-state index in [0.29, 0.717) is 0 Å². The lowest BCUT2D eigenvalue weighted by Crippen LogP contribution is -2.37. The molecule has 0 spiro atoms. The molecule has 0 aromatic rings. The van der Waals surface area contributed by atoms with Crippen LogP contribution in [-0.4, -0.2) is 12.6 Å². The standard InChI is InChI=1S/C10H16N2O2/c13-10-12-11-8-6-4-2-1-3-5-7-9-14-10/h11H,1-6,8H2,(H,12,13). The van der Waals surface area contributed by atoms with Crippen molar-refractivity contribution in [3.05, 3.63) is 0 Å². The van der Waals surface area contributed by atoms with Gasteiger partial charge in [-0.1, -0.05) is 25.2 Å². The molecule has 0 aromatic heterocycles. The minimum absolute atomic E-state index is 0.531. The van der Waals surface area contributed by atoms with E-state index in [4.69, 9.17) is 0 Å². The highest BCUT2D eigenvalue weighted by Gasteiger charge is 1.98. The van der Waals surface area contributed by atoms with Crippen molar-refractivity contribution in [2.45, 2.75) is 38.5 Å². The molecule has 0 radical (unpaired) electrons. The fourth-order valence-corrected chi connectivity index (χ4v) is 1.25. The molecule has 0 fully saturated rings. The van der Waals surface area contributed by atoms with Crippen LogP contribution in [0.3, 0.4) is 0 Å². The minimum atomic E-state index is -0.531. The lowest BCUT2D eigenvalue weighted by molar-refractivity contribution is 0.186. The summed E-state index contributed by atoms with van der Waals surface area (Å²) < 4.78 is 4.58. The zero-order chi connectivity index (χ0) is 10.1. The first-order valence-electron chi connectivity index (χ1n) is 5.07. The average molecular weight is 196 g/mol. The van der Waals surface area contributed by atoms with Crippen molar-refractivity contribution in [2.75, 3.05) is 6.54 Å². The van der Waals surface area contributed by atoms with E-state index in [1.807, 2.05) is 0 Å². The summed E-state index contributed by atoms with van der Waals surface area (Å²) in [6.45, 7) is 0.780. The first-order valence-corrected chi connectivity index (χ1v) is 5.07. The monoisotopic (exact) mass is 196 g/mol. The molecule has 14 heavy (non-hydrogen) atoms. The van der Waals surface area contributed by atoms with E-state index in [9.17, 15) is 4.79 Å². The second-order valence-corrected chi connectivity index (χ2v) is 3.24. The van der Waals surface area contributed by atoms with Gasteiger partial charge in [0.15, 0.2) is 0 Å². The van der Waals surface area contributed by atoms with Crippen LogP contribution in [0.2, 0.25) is 0 Å². The van der Waals surface area contributed by atoms with Gasteiger partial charge in [-0.2, -0.15) is 0 Å². The lowest BCUT2D eigenvalue weighted by atomic mass is 10.1. The quantitative estimate of drug-likeness (QED) is 0.578. The van der Waals surface area contributed by atoms with Gasteiger partial charge in [0.25, 0.3) is 0 Å². The third kappa shape index (κ3) is 5.44. The smallest absolute Gasteiger partial charge is 0.355 e. The molecule has 1 amide bonds. The first-order chi connectivity index (χ1) is 6.89. The highest BCUT2D eigenvalue weighted by molar-refractivity contribution is 5.67. The molecule has 1 aliphatic rings. The molecule has 78 valence electrons. The molecule has 4 nitrogen and oxygen atoms in total. The summed E-state index contributed by atoms with van der Waals surface area (Å²) >= 11 is 0. The average Bonchev–Trinajstić information content (AvgIpc) is 2.20. The van der Waals surface area contributed by atoms with Crippen molar-refractivity contribution in [1.82, 2.24) is 10.9 Å². The molecule has 0 bridgehead atoms. The number of hydrazine groups is 1. The molecule has 0 atom stereocenters. The van der Waals surface area contributed by atoms with Gasteiger partial charge in [-0.3, -0.25) is 5.43 Å². The Morgan fingerprint density at radius 1 is 1.14 bits per heavy atom. The molecule has 1 heterocycles. The summed E-state index contributed by atoms with van der Waals surface area (Å²) in [5.74, 6) is 2.79. The molecule has 0 saturated carbocycles. The third-order valence-electron chi connectivity index (χ3n) is 2.01. The van der Waals surface area contributed by atoms with E-state index < -0.39 is 6.09 Å². The lowest BCUT2D eigenvalue weighted by Gasteiger charge is -2.03. The maximum atomic E-state index is 10.9. The fourth-order valence-electron chi connectivity index (χ4n) is 1.25. The predicted molar refractivity (Wildman–Crippen MR) is 53.1 cm³/mol. The Morgan fingerprint density at radius 2 is 1.93 bits per heavy atom. The number of ether oxygens (including phenoxy) is 1. The Balaban J connectivity index is 2.27. The molecule has 0 aromatic carbocycles. The van der Waals surface area contributed by atoms with Gasteiger partial charge in [0.1, 0.15) is 6.11 Å². The predicted octanol–water partition coefficient (Wildman–Crippen LogP) is 1.53. The van der Waals surface area contributed by atoms with Crippen molar-refractivity contribution in [3.8, 4) is 12.0 Å². The minimum Gasteiger partial charge on any atom is -0.355 e. The molecular formula is C10H16N2O2. The maximum Gasteiger partial charge on any atom is 0.435 e. The number of hydrogen-bond acceptors (Lipinski definition) is 3. The van der Waals surface area contributed by atoms with Gasteiger partial charge >= 0.3 is 6.09 Å². The van der Waals surface area contributed by atoms with Crippen LogP contribution < -0.4 is 10.9 Å². The van der Waals surface area contributed by atoms with Crippen LogP contribution in [0.15, 0.2) is 0 Å². The SMILES string of the molecule is O=C1NNCCCCCCCC#CO1. The summed E-state index contributed by atoms with van der Waals surface area (Å²) in [7, 11) is 0. The Hall–Kier alpha value is -1.21. The highest BCUT2D eigenvalue weighted by Crippen LogP contribution is 2.04. The van der Waals surface area contributed by atoms with Gasteiger partial charge in [0.05, 0.1) is 0 Å². The van der Waals surface area contributed by atoms with Crippen molar-refractivity contribution < 1.29 is 9.53 Å². The van der Waals surface area contributed by atoms with Gasteiger partial charge in [-0.15, -0.1) is 0 Å². The van der Waals surface area contributed by atoms with E-state index in [0.717, 1.165) is 25.8 Å².